The number of amides is 1. The largest absolute Gasteiger partial charge is 0.480 e. The maximum absolute atomic E-state index is 12.5. The highest BCUT2D eigenvalue weighted by atomic mass is 32.2. The van der Waals surface area contributed by atoms with Crippen molar-refractivity contribution in [1.29, 1.82) is 0 Å². The molecule has 5 nitrogen and oxygen atoms in total. The maximum Gasteiger partial charge on any atom is 0.326 e. The first-order valence-electron chi connectivity index (χ1n) is 7.00. The Morgan fingerprint density at radius 2 is 2.27 bits per heavy atom. The SMILES string of the molecule is CCCC[C@H](C(=O)O)N1C(=O)/C(=C\c2ccc(C)o2)SC1=S. The van der Waals surface area contributed by atoms with Crippen LogP contribution in [0.4, 0.5) is 0 Å². The predicted molar refractivity (Wildman–Crippen MR) is 89.4 cm³/mol. The lowest BCUT2D eigenvalue weighted by atomic mass is 10.1. The minimum Gasteiger partial charge on any atom is -0.480 e. The molecule has 0 bridgehead atoms. The molecule has 1 aromatic rings. The minimum atomic E-state index is -1.03. The van der Waals surface area contributed by atoms with Crippen LogP contribution in [0.25, 0.3) is 6.08 Å². The molecule has 1 aliphatic rings. The Hall–Kier alpha value is -1.60. The Morgan fingerprint density at radius 1 is 1.55 bits per heavy atom. The van der Waals surface area contributed by atoms with Crippen molar-refractivity contribution in [2.45, 2.75) is 39.2 Å². The summed E-state index contributed by atoms with van der Waals surface area (Å²) < 4.78 is 5.70. The Morgan fingerprint density at radius 3 is 2.82 bits per heavy atom. The van der Waals surface area contributed by atoms with Gasteiger partial charge in [-0.15, -0.1) is 0 Å². The second kappa shape index (κ2) is 7.11. The molecular formula is C15H17NO4S2. The van der Waals surface area contributed by atoms with Crippen LogP contribution in [0.15, 0.2) is 21.5 Å². The zero-order chi connectivity index (χ0) is 16.3. The molecule has 7 heteroatoms. The van der Waals surface area contributed by atoms with Crippen LogP contribution in [0, 0.1) is 6.92 Å². The van der Waals surface area contributed by atoms with Gasteiger partial charge in [-0.25, -0.2) is 4.79 Å². The first-order chi connectivity index (χ1) is 10.4. The van der Waals surface area contributed by atoms with Crippen LogP contribution < -0.4 is 0 Å². The van der Waals surface area contributed by atoms with Crippen molar-refractivity contribution in [3.05, 3.63) is 28.6 Å². The molecule has 2 rings (SSSR count). The van der Waals surface area contributed by atoms with Crippen LogP contribution in [0.2, 0.25) is 0 Å². The van der Waals surface area contributed by atoms with E-state index in [2.05, 4.69) is 0 Å². The molecular weight excluding hydrogens is 322 g/mol. The molecule has 0 aliphatic carbocycles. The highest BCUT2D eigenvalue weighted by Gasteiger charge is 2.40. The molecule has 1 saturated heterocycles. The molecule has 1 aliphatic heterocycles. The number of nitrogens with zero attached hydrogens (tertiary/aromatic N) is 1. The van der Waals surface area contributed by atoms with Gasteiger partial charge in [0.25, 0.3) is 5.91 Å². The van der Waals surface area contributed by atoms with Crippen molar-refractivity contribution in [1.82, 2.24) is 4.90 Å². The summed E-state index contributed by atoms with van der Waals surface area (Å²) in [5, 5.41) is 9.37. The van der Waals surface area contributed by atoms with E-state index in [1.165, 1.54) is 4.90 Å². The van der Waals surface area contributed by atoms with Gasteiger partial charge in [-0.1, -0.05) is 43.7 Å². The normalized spacial score (nSPS) is 18.3. The number of unbranched alkanes of at least 4 members (excludes halogenated alkanes) is 1. The summed E-state index contributed by atoms with van der Waals surface area (Å²) in [4.78, 5) is 25.5. The van der Waals surface area contributed by atoms with Crippen molar-refractivity contribution in [2.24, 2.45) is 0 Å². The zero-order valence-electron chi connectivity index (χ0n) is 12.4. The Balaban J connectivity index is 2.23. The summed E-state index contributed by atoms with van der Waals surface area (Å²) in [6.07, 6.45) is 3.58. The van der Waals surface area contributed by atoms with Crippen molar-refractivity contribution in [3.8, 4) is 0 Å². The van der Waals surface area contributed by atoms with E-state index in [-0.39, 0.29) is 10.2 Å². The number of thiocarbonyl (C=S) groups is 1. The van der Waals surface area contributed by atoms with Crippen molar-refractivity contribution in [3.63, 3.8) is 0 Å². The summed E-state index contributed by atoms with van der Waals surface area (Å²) in [5.41, 5.74) is 0. The highest BCUT2D eigenvalue weighted by molar-refractivity contribution is 8.26. The number of carboxylic acid groups (broad SMARTS) is 1. The Labute approximate surface area is 138 Å². The average Bonchev–Trinajstić information content (AvgIpc) is 2.97. The van der Waals surface area contributed by atoms with Gasteiger partial charge in [0.15, 0.2) is 0 Å². The maximum atomic E-state index is 12.5. The van der Waals surface area contributed by atoms with Crippen molar-refractivity contribution >= 4 is 46.3 Å². The molecule has 118 valence electrons. The number of rotatable bonds is 6. The summed E-state index contributed by atoms with van der Waals surface area (Å²) in [7, 11) is 0. The molecule has 1 fully saturated rings. The van der Waals surface area contributed by atoms with Crippen LogP contribution in [-0.2, 0) is 9.59 Å². The number of carbonyl (C=O) groups excluding carboxylic acids is 1. The Bertz CT molecular complexity index is 635. The standard InChI is InChI=1S/C15H17NO4S2/c1-3-4-5-11(14(18)19)16-13(17)12(22-15(16)21)8-10-7-6-9(2)20-10/h6-8,11H,3-5H2,1-2H3,(H,18,19)/b12-8+/t11-/m1/s1. The fraction of sp³-hybridized carbons (Fsp3) is 0.400. The van der Waals surface area contributed by atoms with Crippen LogP contribution in [0.3, 0.4) is 0 Å². The average molecular weight is 339 g/mol. The van der Waals surface area contributed by atoms with Gasteiger partial charge in [0.05, 0.1) is 4.91 Å². The fourth-order valence-corrected chi connectivity index (χ4v) is 3.51. The van der Waals surface area contributed by atoms with Crippen LogP contribution in [-0.4, -0.2) is 32.2 Å². The van der Waals surface area contributed by atoms with Crippen LogP contribution >= 0.6 is 24.0 Å². The van der Waals surface area contributed by atoms with Gasteiger partial charge in [-0.05, 0) is 25.5 Å². The molecule has 1 amide bonds. The number of carboxylic acids is 1. The smallest absolute Gasteiger partial charge is 0.326 e. The monoisotopic (exact) mass is 339 g/mol. The topological polar surface area (TPSA) is 70.8 Å². The van der Waals surface area contributed by atoms with E-state index in [4.69, 9.17) is 16.6 Å². The number of hydrogen-bond acceptors (Lipinski definition) is 5. The number of hydrogen-bond donors (Lipinski definition) is 1. The molecule has 1 N–H and O–H groups in total. The van der Waals surface area contributed by atoms with Gasteiger partial charge in [-0.2, -0.15) is 0 Å². The molecule has 1 atom stereocenters. The Kier molecular flexibility index (Phi) is 5.42. The van der Waals surface area contributed by atoms with Gasteiger partial charge in [0.2, 0.25) is 0 Å². The molecule has 0 unspecified atom stereocenters. The second-order valence-corrected chi connectivity index (χ2v) is 6.67. The van der Waals surface area contributed by atoms with Crippen LogP contribution in [0.1, 0.15) is 37.7 Å². The second-order valence-electron chi connectivity index (χ2n) is 5.00. The number of furan rings is 1. The molecule has 1 aromatic heterocycles. The van der Waals surface area contributed by atoms with E-state index in [1.807, 2.05) is 13.8 Å². The lowest BCUT2D eigenvalue weighted by Gasteiger charge is -2.22. The van der Waals surface area contributed by atoms with Crippen molar-refractivity contribution in [2.75, 3.05) is 0 Å². The number of carbonyl (C=O) groups is 2. The predicted octanol–water partition coefficient (Wildman–Crippen LogP) is 3.43. The van der Waals surface area contributed by atoms with E-state index in [9.17, 15) is 14.7 Å². The van der Waals surface area contributed by atoms with E-state index in [1.54, 1.807) is 18.2 Å². The first-order valence-corrected chi connectivity index (χ1v) is 8.22. The van der Waals surface area contributed by atoms with Gasteiger partial charge in [-0.3, -0.25) is 9.69 Å². The minimum absolute atomic E-state index is 0.281. The third-order valence-corrected chi connectivity index (χ3v) is 4.62. The lowest BCUT2D eigenvalue weighted by molar-refractivity contribution is -0.145. The summed E-state index contributed by atoms with van der Waals surface area (Å²) >= 11 is 6.31. The third-order valence-electron chi connectivity index (χ3n) is 3.29. The molecule has 22 heavy (non-hydrogen) atoms. The molecule has 0 spiro atoms. The number of thioether (sulfide) groups is 1. The zero-order valence-corrected chi connectivity index (χ0v) is 14.0. The summed E-state index contributed by atoms with van der Waals surface area (Å²) in [5.74, 6) is -0.0982. The fourth-order valence-electron chi connectivity index (χ4n) is 2.17. The molecule has 0 saturated carbocycles. The van der Waals surface area contributed by atoms with Gasteiger partial charge in [0.1, 0.15) is 21.9 Å². The molecule has 2 heterocycles. The van der Waals surface area contributed by atoms with Gasteiger partial charge >= 0.3 is 5.97 Å². The number of aryl methyl sites for hydroxylation is 1. The van der Waals surface area contributed by atoms with E-state index >= 15 is 0 Å². The van der Waals surface area contributed by atoms with Crippen molar-refractivity contribution < 1.29 is 19.1 Å². The van der Waals surface area contributed by atoms with E-state index in [0.717, 1.165) is 30.4 Å². The van der Waals surface area contributed by atoms with E-state index < -0.39 is 12.0 Å². The first kappa shape index (κ1) is 16.8. The van der Waals surface area contributed by atoms with Crippen LogP contribution in [0.5, 0.6) is 0 Å². The molecule has 0 radical (unpaired) electrons. The summed E-state index contributed by atoms with van der Waals surface area (Å²) in [6, 6.07) is 2.65. The molecule has 0 aromatic carbocycles. The van der Waals surface area contributed by atoms with Gasteiger partial charge < -0.3 is 9.52 Å². The number of aliphatic carboxylic acids is 1. The van der Waals surface area contributed by atoms with E-state index in [0.29, 0.717) is 17.1 Å². The quantitative estimate of drug-likeness (QED) is 0.632. The third kappa shape index (κ3) is 3.59. The summed E-state index contributed by atoms with van der Waals surface area (Å²) in [6.45, 7) is 3.79. The lowest BCUT2D eigenvalue weighted by Crippen LogP contribution is -2.43. The van der Waals surface area contributed by atoms with Gasteiger partial charge in [0, 0.05) is 6.08 Å². The highest BCUT2D eigenvalue weighted by Crippen LogP contribution is 2.35.